The van der Waals surface area contributed by atoms with E-state index in [0.717, 1.165) is 31.0 Å². The molecule has 1 aliphatic rings. The van der Waals surface area contributed by atoms with E-state index in [0.29, 0.717) is 13.0 Å². The van der Waals surface area contributed by atoms with E-state index in [2.05, 4.69) is 39.3 Å². The molecule has 1 aromatic rings. The third-order valence-electron chi connectivity index (χ3n) is 5.30. The first-order chi connectivity index (χ1) is 13.7. The minimum absolute atomic E-state index is 0. The van der Waals surface area contributed by atoms with Gasteiger partial charge in [0.05, 0.1) is 6.10 Å². The van der Waals surface area contributed by atoms with E-state index in [9.17, 15) is 5.11 Å². The van der Waals surface area contributed by atoms with E-state index in [4.69, 9.17) is 0 Å². The van der Waals surface area contributed by atoms with Crippen LogP contribution in [-0.2, 0) is 0 Å². The highest BCUT2D eigenvalue weighted by Crippen LogP contribution is 2.14. The van der Waals surface area contributed by atoms with Crippen molar-refractivity contribution in [2.45, 2.75) is 39.2 Å². The molecule has 1 saturated heterocycles. The fourth-order valence-corrected chi connectivity index (χ4v) is 3.48. The molecule has 1 fully saturated rings. The lowest BCUT2D eigenvalue weighted by molar-refractivity contribution is 0.136. The molecule has 0 amide bonds. The minimum Gasteiger partial charge on any atom is -0.388 e. The zero-order valence-electron chi connectivity index (χ0n) is 18.1. The molecule has 0 radical (unpaired) electrons. The summed E-state index contributed by atoms with van der Waals surface area (Å²) in [6, 6.07) is 9.82. The second-order valence-corrected chi connectivity index (χ2v) is 7.39. The molecule has 7 heteroatoms. The Morgan fingerprint density at radius 3 is 2.38 bits per heavy atom. The van der Waals surface area contributed by atoms with Gasteiger partial charge in [0.2, 0.25) is 0 Å². The van der Waals surface area contributed by atoms with Crippen LogP contribution in [0.5, 0.6) is 0 Å². The van der Waals surface area contributed by atoms with Crippen LogP contribution in [0.15, 0.2) is 35.3 Å². The van der Waals surface area contributed by atoms with Crippen LogP contribution in [0, 0.1) is 0 Å². The largest absolute Gasteiger partial charge is 0.388 e. The van der Waals surface area contributed by atoms with Crippen molar-refractivity contribution in [1.29, 1.82) is 0 Å². The number of likely N-dealkylation sites (N-methyl/N-ethyl adjacent to an activating group) is 1. The highest BCUT2D eigenvalue weighted by atomic mass is 127. The van der Waals surface area contributed by atoms with Crippen LogP contribution in [0.25, 0.3) is 0 Å². The van der Waals surface area contributed by atoms with Crippen LogP contribution in [0.3, 0.4) is 0 Å². The normalized spacial score (nSPS) is 16.9. The Morgan fingerprint density at radius 1 is 1.03 bits per heavy atom. The van der Waals surface area contributed by atoms with Gasteiger partial charge in [0.15, 0.2) is 5.96 Å². The van der Waals surface area contributed by atoms with Gasteiger partial charge in [-0.3, -0.25) is 4.99 Å². The first-order valence-electron chi connectivity index (χ1n) is 10.9. The fraction of sp³-hybridized carbons (Fsp3) is 0.682. The zero-order chi connectivity index (χ0) is 20.0. The van der Waals surface area contributed by atoms with Crippen molar-refractivity contribution < 1.29 is 5.11 Å². The number of nitrogens with one attached hydrogen (secondary N) is 2. The summed E-state index contributed by atoms with van der Waals surface area (Å²) in [5, 5.41) is 16.9. The molecule has 0 aliphatic carbocycles. The second kappa shape index (κ2) is 15.9. The number of rotatable bonds is 11. The van der Waals surface area contributed by atoms with Crippen molar-refractivity contribution in [2.75, 3.05) is 58.9 Å². The van der Waals surface area contributed by atoms with E-state index < -0.39 is 6.10 Å². The van der Waals surface area contributed by atoms with Crippen molar-refractivity contribution >= 4 is 29.9 Å². The molecule has 0 spiro atoms. The van der Waals surface area contributed by atoms with Gasteiger partial charge in [-0.25, -0.2) is 0 Å². The van der Waals surface area contributed by atoms with Crippen LogP contribution in [0.4, 0.5) is 0 Å². The first kappa shape index (κ1) is 26.1. The summed E-state index contributed by atoms with van der Waals surface area (Å²) in [6.07, 6.45) is 2.53. The molecule has 1 atom stereocenters. The number of piperazine rings is 1. The smallest absolute Gasteiger partial charge is 0.191 e. The van der Waals surface area contributed by atoms with Gasteiger partial charge in [0.1, 0.15) is 0 Å². The van der Waals surface area contributed by atoms with Crippen LogP contribution < -0.4 is 10.6 Å². The number of hydrogen-bond donors (Lipinski definition) is 3. The number of unbranched alkanes of at least 4 members (excludes halogenated alkanes) is 1. The quantitative estimate of drug-likeness (QED) is 0.182. The standard InChI is InChI=1S/C22H39N5O.HI/c1-3-23-22(25-14-12-21(28)20-10-6-5-7-11-20)24-13-8-9-15-27-18-16-26(4-2)17-19-27;/h5-7,10-11,21,28H,3-4,8-9,12-19H2,1-2H3,(H2,23,24,25);1H. The van der Waals surface area contributed by atoms with Crippen LogP contribution in [-0.4, -0.2) is 79.8 Å². The van der Waals surface area contributed by atoms with Gasteiger partial charge in [-0.15, -0.1) is 24.0 Å². The summed E-state index contributed by atoms with van der Waals surface area (Å²) in [5.41, 5.74) is 0.964. The van der Waals surface area contributed by atoms with Crippen molar-refractivity contribution in [3.05, 3.63) is 35.9 Å². The molecule has 6 nitrogen and oxygen atoms in total. The summed E-state index contributed by atoms with van der Waals surface area (Å²) < 4.78 is 0. The van der Waals surface area contributed by atoms with E-state index in [-0.39, 0.29) is 24.0 Å². The molecule has 29 heavy (non-hydrogen) atoms. The van der Waals surface area contributed by atoms with Gasteiger partial charge in [0.25, 0.3) is 0 Å². The first-order valence-corrected chi connectivity index (χ1v) is 10.9. The van der Waals surface area contributed by atoms with Crippen LogP contribution in [0.2, 0.25) is 0 Å². The zero-order valence-corrected chi connectivity index (χ0v) is 20.5. The molecule has 2 rings (SSSR count). The van der Waals surface area contributed by atoms with Crippen molar-refractivity contribution in [1.82, 2.24) is 20.4 Å². The fourth-order valence-electron chi connectivity index (χ4n) is 3.48. The van der Waals surface area contributed by atoms with Gasteiger partial charge < -0.3 is 25.5 Å². The monoisotopic (exact) mass is 517 g/mol. The Morgan fingerprint density at radius 2 is 1.72 bits per heavy atom. The molecule has 1 unspecified atom stereocenters. The van der Waals surface area contributed by atoms with Crippen LogP contribution in [0.1, 0.15) is 44.8 Å². The molecule has 0 saturated carbocycles. The second-order valence-electron chi connectivity index (χ2n) is 7.39. The molecule has 0 bridgehead atoms. The summed E-state index contributed by atoms with van der Waals surface area (Å²) in [4.78, 5) is 9.77. The maximum absolute atomic E-state index is 10.3. The highest BCUT2D eigenvalue weighted by Gasteiger charge is 2.14. The molecular weight excluding hydrogens is 477 g/mol. The Balaban J connectivity index is 0.00000420. The van der Waals surface area contributed by atoms with E-state index in [1.54, 1.807) is 0 Å². The number of halogens is 1. The molecule has 1 heterocycles. The lowest BCUT2D eigenvalue weighted by Gasteiger charge is -2.33. The minimum atomic E-state index is -0.440. The topological polar surface area (TPSA) is 63.1 Å². The Bertz CT molecular complexity index is 549. The van der Waals surface area contributed by atoms with E-state index in [1.165, 1.54) is 45.7 Å². The number of benzene rings is 1. The number of guanidine groups is 1. The average Bonchev–Trinajstić information content (AvgIpc) is 2.74. The Hall–Kier alpha value is -0.900. The summed E-state index contributed by atoms with van der Waals surface area (Å²) in [6.45, 7) is 13.9. The number of nitrogens with zero attached hydrogens (tertiary/aromatic N) is 3. The molecule has 166 valence electrons. The molecule has 1 aliphatic heterocycles. The maximum Gasteiger partial charge on any atom is 0.191 e. The predicted molar refractivity (Wildman–Crippen MR) is 133 cm³/mol. The van der Waals surface area contributed by atoms with Crippen molar-refractivity contribution in [3.63, 3.8) is 0 Å². The number of aliphatic hydroxyl groups is 1. The molecule has 1 aromatic carbocycles. The lowest BCUT2D eigenvalue weighted by Crippen LogP contribution is -2.46. The van der Waals surface area contributed by atoms with Gasteiger partial charge in [-0.1, -0.05) is 37.3 Å². The van der Waals surface area contributed by atoms with Crippen molar-refractivity contribution in [3.8, 4) is 0 Å². The summed E-state index contributed by atoms with van der Waals surface area (Å²) in [7, 11) is 0. The third-order valence-corrected chi connectivity index (χ3v) is 5.30. The average molecular weight is 518 g/mol. The predicted octanol–water partition coefficient (Wildman–Crippen LogP) is 2.70. The molecular formula is C22H40IN5O. The van der Waals surface area contributed by atoms with Gasteiger partial charge in [-0.2, -0.15) is 0 Å². The van der Waals surface area contributed by atoms with E-state index in [1.807, 2.05) is 30.3 Å². The van der Waals surface area contributed by atoms with Gasteiger partial charge in [0, 0.05) is 45.8 Å². The SMILES string of the molecule is CCNC(=NCCCCN1CCN(CC)CC1)NCCC(O)c1ccccc1.I. The summed E-state index contributed by atoms with van der Waals surface area (Å²) in [5.74, 6) is 0.847. The maximum atomic E-state index is 10.3. The molecule has 3 N–H and O–H groups in total. The lowest BCUT2D eigenvalue weighted by atomic mass is 10.1. The number of hydrogen-bond acceptors (Lipinski definition) is 4. The number of aliphatic hydroxyl groups excluding tert-OH is 1. The summed E-state index contributed by atoms with van der Waals surface area (Å²) >= 11 is 0. The van der Waals surface area contributed by atoms with E-state index >= 15 is 0 Å². The third kappa shape index (κ3) is 10.6. The highest BCUT2D eigenvalue weighted by molar-refractivity contribution is 14.0. The number of aliphatic imine (C=N–C) groups is 1. The van der Waals surface area contributed by atoms with Gasteiger partial charge in [-0.05, 0) is 44.8 Å². The Labute approximate surface area is 194 Å². The molecule has 0 aromatic heterocycles. The van der Waals surface area contributed by atoms with Crippen molar-refractivity contribution in [2.24, 2.45) is 4.99 Å². The Kier molecular flexibility index (Phi) is 14.3. The van der Waals surface area contributed by atoms with Crippen LogP contribution >= 0.6 is 24.0 Å². The van der Waals surface area contributed by atoms with Gasteiger partial charge >= 0.3 is 0 Å².